The van der Waals surface area contributed by atoms with Gasteiger partial charge in [0.2, 0.25) is 0 Å². The molecule has 0 aliphatic heterocycles. The van der Waals surface area contributed by atoms with Crippen LogP contribution in [0, 0.1) is 23.0 Å². The van der Waals surface area contributed by atoms with Gasteiger partial charge >= 0.3 is 0 Å². The van der Waals surface area contributed by atoms with Crippen LogP contribution >= 0.6 is 0 Å². The second-order valence-electron chi connectivity index (χ2n) is 4.27. The molecule has 6 heteroatoms. The predicted octanol–water partition coefficient (Wildman–Crippen LogP) is 2.73. The topological polar surface area (TPSA) is 70.0 Å². The van der Waals surface area contributed by atoms with Crippen LogP contribution in [0.3, 0.4) is 0 Å². The van der Waals surface area contributed by atoms with Crippen molar-refractivity contribution in [3.8, 4) is 6.07 Å². The van der Waals surface area contributed by atoms with Gasteiger partial charge in [-0.2, -0.15) is 5.26 Å². The summed E-state index contributed by atoms with van der Waals surface area (Å²) in [6.45, 7) is -0.297. The van der Waals surface area contributed by atoms with Crippen LogP contribution in [0.25, 0.3) is 0 Å². The summed E-state index contributed by atoms with van der Waals surface area (Å²) in [7, 11) is 0. The first kappa shape index (κ1) is 14.2. The Balaban J connectivity index is 2.48. The lowest BCUT2D eigenvalue weighted by Crippen LogP contribution is -2.15. The zero-order chi connectivity index (χ0) is 14.5. The second kappa shape index (κ2) is 6.26. The summed E-state index contributed by atoms with van der Waals surface area (Å²) >= 11 is 0. The van der Waals surface area contributed by atoms with Gasteiger partial charge in [0.15, 0.2) is 6.39 Å². The largest absolute Gasteiger partial charge is 0.451 e. The zero-order valence-electron chi connectivity index (χ0n) is 10.5. The third-order valence-electron chi connectivity index (χ3n) is 3.12. The monoisotopic (exact) mass is 278 g/mol. The van der Waals surface area contributed by atoms with Crippen molar-refractivity contribution in [3.05, 3.63) is 53.7 Å². The second-order valence-corrected chi connectivity index (χ2v) is 4.27. The van der Waals surface area contributed by atoms with Gasteiger partial charge in [-0.3, -0.25) is 0 Å². The van der Waals surface area contributed by atoms with E-state index in [2.05, 4.69) is 4.98 Å². The normalized spacial score (nSPS) is 13.7. The number of halogens is 2. The molecular formula is C14H12F2N2O2. The molecule has 0 saturated heterocycles. The van der Waals surface area contributed by atoms with E-state index in [1.807, 2.05) is 6.07 Å². The molecule has 0 bridgehead atoms. The molecular weight excluding hydrogens is 266 g/mol. The molecule has 2 atom stereocenters. The lowest BCUT2D eigenvalue weighted by Gasteiger charge is -2.21. The first-order chi connectivity index (χ1) is 9.69. The van der Waals surface area contributed by atoms with Gasteiger partial charge in [0.05, 0.1) is 17.7 Å². The molecule has 2 aromatic rings. The molecule has 0 saturated carbocycles. The summed E-state index contributed by atoms with van der Waals surface area (Å²) in [5.41, 5.74) is 0.0738. The molecule has 1 aromatic carbocycles. The fourth-order valence-corrected chi connectivity index (χ4v) is 2.22. The first-order valence-electron chi connectivity index (χ1n) is 6.01. The van der Waals surface area contributed by atoms with Crippen LogP contribution in [-0.4, -0.2) is 16.7 Å². The minimum absolute atomic E-state index is 0.0446. The van der Waals surface area contributed by atoms with Crippen molar-refractivity contribution < 1.29 is 18.3 Å². The number of benzene rings is 1. The number of rotatable bonds is 5. The van der Waals surface area contributed by atoms with E-state index in [9.17, 15) is 14.0 Å². The van der Waals surface area contributed by atoms with E-state index < -0.39 is 23.5 Å². The Kier molecular flexibility index (Phi) is 4.43. The van der Waals surface area contributed by atoms with Crippen LogP contribution < -0.4 is 0 Å². The van der Waals surface area contributed by atoms with Gasteiger partial charge in [-0.05, 0) is 18.6 Å². The predicted molar refractivity (Wildman–Crippen MR) is 65.7 cm³/mol. The minimum Gasteiger partial charge on any atom is -0.451 e. The Morgan fingerprint density at radius 2 is 2.05 bits per heavy atom. The van der Waals surface area contributed by atoms with Gasteiger partial charge in [0.25, 0.3) is 0 Å². The number of hydrogen-bond donors (Lipinski definition) is 1. The maximum Gasteiger partial charge on any atom is 0.180 e. The standard InChI is InChI=1S/C14H12F2N2O2/c15-11-2-1-3-12(16)14(11)9(4-5-19)10(6-17)13-7-20-8-18-13/h1-3,7-10,19H,4-5H2/t9-,10-/m0/s1. The zero-order valence-corrected chi connectivity index (χ0v) is 10.5. The Labute approximate surface area is 114 Å². The van der Waals surface area contributed by atoms with Crippen LogP contribution in [0.5, 0.6) is 0 Å². The molecule has 1 N–H and O–H groups in total. The third kappa shape index (κ3) is 2.68. The molecule has 0 aliphatic rings. The highest BCUT2D eigenvalue weighted by molar-refractivity contribution is 5.30. The molecule has 0 fully saturated rings. The van der Waals surface area contributed by atoms with E-state index in [-0.39, 0.29) is 24.3 Å². The molecule has 20 heavy (non-hydrogen) atoms. The van der Waals surface area contributed by atoms with Gasteiger partial charge in [-0.1, -0.05) is 6.07 Å². The Morgan fingerprint density at radius 1 is 1.35 bits per heavy atom. The summed E-state index contributed by atoms with van der Waals surface area (Å²) < 4.78 is 32.6. The lowest BCUT2D eigenvalue weighted by atomic mass is 9.82. The molecule has 2 rings (SSSR count). The molecule has 0 amide bonds. The number of aromatic nitrogens is 1. The van der Waals surface area contributed by atoms with Crippen molar-refractivity contribution in [2.75, 3.05) is 6.61 Å². The van der Waals surface area contributed by atoms with Crippen molar-refractivity contribution >= 4 is 0 Å². The number of nitrogens with zero attached hydrogens (tertiary/aromatic N) is 2. The maximum atomic E-state index is 13.9. The Morgan fingerprint density at radius 3 is 2.55 bits per heavy atom. The van der Waals surface area contributed by atoms with Crippen molar-refractivity contribution in [3.63, 3.8) is 0 Å². The molecule has 0 aliphatic carbocycles. The molecule has 104 valence electrons. The fourth-order valence-electron chi connectivity index (χ4n) is 2.22. The smallest absolute Gasteiger partial charge is 0.180 e. The molecule has 1 aromatic heterocycles. The average Bonchev–Trinajstić information content (AvgIpc) is 2.93. The maximum absolute atomic E-state index is 13.9. The van der Waals surface area contributed by atoms with Gasteiger partial charge in [0, 0.05) is 18.1 Å². The lowest BCUT2D eigenvalue weighted by molar-refractivity contribution is 0.268. The molecule has 0 spiro atoms. The third-order valence-corrected chi connectivity index (χ3v) is 3.12. The number of oxazole rings is 1. The van der Waals surface area contributed by atoms with Crippen LogP contribution in [-0.2, 0) is 0 Å². The number of aliphatic hydroxyl groups excluding tert-OH is 1. The van der Waals surface area contributed by atoms with Crippen LogP contribution in [0.4, 0.5) is 8.78 Å². The molecule has 4 nitrogen and oxygen atoms in total. The highest BCUT2D eigenvalue weighted by Gasteiger charge is 2.30. The fraction of sp³-hybridized carbons (Fsp3) is 0.286. The summed E-state index contributed by atoms with van der Waals surface area (Å²) in [6.07, 6.45) is 2.45. The van der Waals surface area contributed by atoms with Crippen LogP contribution in [0.1, 0.15) is 29.5 Å². The van der Waals surface area contributed by atoms with E-state index >= 15 is 0 Å². The summed E-state index contributed by atoms with van der Waals surface area (Å²) in [6, 6.07) is 5.48. The quantitative estimate of drug-likeness (QED) is 0.912. The van der Waals surface area contributed by atoms with Gasteiger partial charge < -0.3 is 9.52 Å². The van der Waals surface area contributed by atoms with Gasteiger partial charge in [0.1, 0.15) is 17.9 Å². The SMILES string of the molecule is N#C[C@H](c1cocn1)[C@H](CCO)c1c(F)cccc1F. The van der Waals surface area contributed by atoms with Crippen molar-refractivity contribution in [1.29, 1.82) is 5.26 Å². The molecule has 0 radical (unpaired) electrons. The van der Waals surface area contributed by atoms with Crippen molar-refractivity contribution in [2.45, 2.75) is 18.3 Å². The van der Waals surface area contributed by atoms with E-state index in [1.54, 1.807) is 0 Å². The summed E-state index contributed by atoms with van der Waals surface area (Å²) in [4.78, 5) is 3.86. The number of nitriles is 1. The van der Waals surface area contributed by atoms with Gasteiger partial charge in [-0.15, -0.1) is 0 Å². The Hall–Kier alpha value is -2.26. The number of hydrogen-bond acceptors (Lipinski definition) is 4. The highest BCUT2D eigenvalue weighted by Crippen LogP contribution is 2.37. The van der Waals surface area contributed by atoms with E-state index in [4.69, 9.17) is 9.52 Å². The number of aliphatic hydroxyl groups is 1. The van der Waals surface area contributed by atoms with Crippen molar-refractivity contribution in [1.82, 2.24) is 4.98 Å². The minimum atomic E-state index is -0.896. The van der Waals surface area contributed by atoms with E-state index in [0.717, 1.165) is 18.5 Å². The first-order valence-corrected chi connectivity index (χ1v) is 6.01. The average molecular weight is 278 g/mol. The van der Waals surface area contributed by atoms with Crippen LogP contribution in [0.2, 0.25) is 0 Å². The molecule has 1 heterocycles. The van der Waals surface area contributed by atoms with Gasteiger partial charge in [-0.25, -0.2) is 13.8 Å². The van der Waals surface area contributed by atoms with E-state index in [0.29, 0.717) is 0 Å². The van der Waals surface area contributed by atoms with Crippen molar-refractivity contribution in [2.24, 2.45) is 0 Å². The summed E-state index contributed by atoms with van der Waals surface area (Å²) in [5.74, 6) is -3.22. The van der Waals surface area contributed by atoms with E-state index in [1.165, 1.54) is 12.3 Å². The highest BCUT2D eigenvalue weighted by atomic mass is 19.1. The molecule has 0 unspecified atom stereocenters. The van der Waals surface area contributed by atoms with Crippen LogP contribution in [0.15, 0.2) is 35.3 Å². The summed E-state index contributed by atoms with van der Waals surface area (Å²) in [5, 5.41) is 18.4. The Bertz CT molecular complexity index is 588.